The summed E-state index contributed by atoms with van der Waals surface area (Å²) in [6.45, 7) is 3.03. The van der Waals surface area contributed by atoms with E-state index in [4.69, 9.17) is 18.0 Å². The van der Waals surface area contributed by atoms with Gasteiger partial charge in [0.25, 0.3) is 0 Å². The summed E-state index contributed by atoms with van der Waals surface area (Å²) < 4.78 is 38.9. The molecule has 0 aliphatic carbocycles. The van der Waals surface area contributed by atoms with Gasteiger partial charge in [-0.25, -0.2) is 12.8 Å². The Morgan fingerprint density at radius 2 is 2.12 bits per heavy atom. The lowest BCUT2D eigenvalue weighted by Gasteiger charge is -2.24. The second kappa shape index (κ2) is 4.63. The van der Waals surface area contributed by atoms with E-state index >= 15 is 0 Å². The van der Waals surface area contributed by atoms with Crippen LogP contribution in [0.15, 0.2) is 23.4 Å². The van der Waals surface area contributed by atoms with E-state index in [1.165, 1.54) is 13.8 Å². The lowest BCUT2D eigenvalue weighted by atomic mass is 10.1. The van der Waals surface area contributed by atoms with E-state index in [0.717, 1.165) is 18.5 Å². The van der Waals surface area contributed by atoms with Crippen LogP contribution in [0, 0.1) is 5.82 Å². The van der Waals surface area contributed by atoms with E-state index < -0.39 is 21.4 Å². The van der Waals surface area contributed by atoms with Crippen molar-refractivity contribution in [3.05, 3.63) is 24.3 Å². The van der Waals surface area contributed by atoms with Crippen LogP contribution in [-0.2, 0) is 10.0 Å². The van der Waals surface area contributed by atoms with Gasteiger partial charge in [-0.2, -0.15) is 4.72 Å². The summed E-state index contributed by atoms with van der Waals surface area (Å²) in [5, 5.41) is 0. The molecule has 5 nitrogen and oxygen atoms in total. The molecule has 0 aromatic carbocycles. The third kappa shape index (κ3) is 3.42. The zero-order valence-electron chi connectivity index (χ0n) is 9.27. The van der Waals surface area contributed by atoms with Gasteiger partial charge in [0.05, 0.1) is 16.7 Å². The van der Waals surface area contributed by atoms with Crippen molar-refractivity contribution in [3.63, 3.8) is 0 Å². The van der Waals surface area contributed by atoms with Gasteiger partial charge < -0.3 is 5.73 Å². The molecule has 3 N–H and O–H groups in total. The lowest BCUT2D eigenvalue weighted by molar-refractivity contribution is 0.543. The number of aromatic nitrogens is 1. The Morgan fingerprint density at radius 3 is 2.59 bits per heavy atom. The number of sulfonamides is 1. The molecule has 0 unspecified atom stereocenters. The van der Waals surface area contributed by atoms with E-state index in [1.807, 2.05) is 0 Å². The lowest BCUT2D eigenvalue weighted by Crippen LogP contribution is -2.51. The second-order valence-corrected chi connectivity index (χ2v) is 6.06. The first-order valence-electron chi connectivity index (χ1n) is 4.59. The van der Waals surface area contributed by atoms with E-state index in [0.29, 0.717) is 0 Å². The predicted octanol–water partition coefficient (Wildman–Crippen LogP) is 0.564. The molecule has 17 heavy (non-hydrogen) atoms. The SMILES string of the molecule is CC(C)(NS(=O)(=O)c1cncc(F)c1)C(N)=S. The van der Waals surface area contributed by atoms with Gasteiger partial charge >= 0.3 is 0 Å². The Hall–Kier alpha value is -1.12. The molecule has 0 atom stereocenters. The smallest absolute Gasteiger partial charge is 0.243 e. The fourth-order valence-corrected chi connectivity index (χ4v) is 2.47. The quantitative estimate of drug-likeness (QED) is 0.786. The molecule has 0 aliphatic rings. The van der Waals surface area contributed by atoms with Crippen molar-refractivity contribution in [1.82, 2.24) is 9.71 Å². The number of pyridine rings is 1. The van der Waals surface area contributed by atoms with Gasteiger partial charge in [-0.05, 0) is 19.9 Å². The molecule has 1 aromatic heterocycles. The molecule has 0 saturated heterocycles. The third-order valence-corrected chi connectivity index (χ3v) is 4.13. The average Bonchev–Trinajstić information content (AvgIpc) is 2.15. The zero-order valence-corrected chi connectivity index (χ0v) is 10.9. The summed E-state index contributed by atoms with van der Waals surface area (Å²) in [7, 11) is -3.91. The first kappa shape index (κ1) is 13.9. The maximum Gasteiger partial charge on any atom is 0.243 e. The third-order valence-electron chi connectivity index (χ3n) is 2.00. The number of halogens is 1. The minimum absolute atomic E-state index is 0.00885. The van der Waals surface area contributed by atoms with Gasteiger partial charge in [0.2, 0.25) is 10.0 Å². The van der Waals surface area contributed by atoms with Crippen molar-refractivity contribution in [3.8, 4) is 0 Å². The van der Waals surface area contributed by atoms with Crippen LogP contribution in [0.2, 0.25) is 0 Å². The highest BCUT2D eigenvalue weighted by Gasteiger charge is 2.29. The summed E-state index contributed by atoms with van der Waals surface area (Å²) in [4.78, 5) is 3.18. The van der Waals surface area contributed by atoms with Gasteiger partial charge in [0.1, 0.15) is 10.7 Å². The van der Waals surface area contributed by atoms with E-state index in [2.05, 4.69) is 9.71 Å². The molecule has 8 heteroatoms. The summed E-state index contributed by atoms with van der Waals surface area (Å²) in [6.07, 6.45) is 1.96. The van der Waals surface area contributed by atoms with Gasteiger partial charge in [0, 0.05) is 6.20 Å². The standard InChI is InChI=1S/C9H12FN3O2S2/c1-9(2,8(11)16)13-17(14,15)7-3-6(10)4-12-5-7/h3-5,13H,1-2H3,(H2,11,16). The molecule has 0 bridgehead atoms. The largest absolute Gasteiger partial charge is 0.392 e. The van der Waals surface area contributed by atoms with Crippen LogP contribution in [-0.4, -0.2) is 23.9 Å². The van der Waals surface area contributed by atoms with E-state index in [9.17, 15) is 12.8 Å². The number of hydrogen-bond donors (Lipinski definition) is 2. The average molecular weight is 277 g/mol. The summed E-state index contributed by atoms with van der Waals surface area (Å²) in [5.74, 6) is -0.735. The van der Waals surface area contributed by atoms with Crippen molar-refractivity contribution < 1.29 is 12.8 Å². The number of nitrogens with one attached hydrogen (secondary N) is 1. The molecule has 1 heterocycles. The van der Waals surface area contributed by atoms with Gasteiger partial charge in [-0.15, -0.1) is 0 Å². The molecule has 1 aromatic rings. The minimum Gasteiger partial charge on any atom is -0.392 e. The molecule has 94 valence electrons. The van der Waals surface area contributed by atoms with Crippen LogP contribution in [0.25, 0.3) is 0 Å². The topological polar surface area (TPSA) is 85.1 Å². The zero-order chi connectivity index (χ0) is 13.3. The molecule has 0 saturated carbocycles. The Kier molecular flexibility index (Phi) is 3.80. The molecule has 0 aliphatic heterocycles. The fraction of sp³-hybridized carbons (Fsp3) is 0.333. The molecule has 0 spiro atoms. The van der Waals surface area contributed by atoms with Crippen molar-refractivity contribution in [2.75, 3.05) is 0 Å². The fourth-order valence-electron chi connectivity index (χ4n) is 0.984. The monoisotopic (exact) mass is 277 g/mol. The predicted molar refractivity (Wildman–Crippen MR) is 65.4 cm³/mol. The van der Waals surface area contributed by atoms with Crippen LogP contribution in [0.3, 0.4) is 0 Å². The van der Waals surface area contributed by atoms with Crippen LogP contribution < -0.4 is 10.5 Å². The Bertz CT molecular complexity index is 543. The number of nitrogens with two attached hydrogens (primary N) is 1. The second-order valence-electron chi connectivity index (χ2n) is 3.93. The number of thiocarbonyl (C=S) groups is 1. The summed E-state index contributed by atoms with van der Waals surface area (Å²) in [5.41, 5.74) is 4.30. The summed E-state index contributed by atoms with van der Waals surface area (Å²) >= 11 is 4.74. The Balaban J connectivity index is 3.10. The molecule has 1 rings (SSSR count). The van der Waals surface area contributed by atoms with Crippen molar-refractivity contribution in [1.29, 1.82) is 0 Å². The summed E-state index contributed by atoms with van der Waals surface area (Å²) in [6, 6.07) is 0.866. The highest BCUT2D eigenvalue weighted by Crippen LogP contribution is 2.13. The molecule has 0 fully saturated rings. The van der Waals surface area contributed by atoms with Crippen molar-refractivity contribution >= 4 is 27.2 Å². The minimum atomic E-state index is -3.91. The van der Waals surface area contributed by atoms with Crippen LogP contribution >= 0.6 is 12.2 Å². The van der Waals surface area contributed by atoms with E-state index in [-0.39, 0.29) is 9.88 Å². The van der Waals surface area contributed by atoms with E-state index in [1.54, 1.807) is 0 Å². The maximum absolute atomic E-state index is 12.9. The number of nitrogens with zero attached hydrogens (tertiary/aromatic N) is 1. The normalized spacial score (nSPS) is 12.4. The highest BCUT2D eigenvalue weighted by atomic mass is 32.2. The number of hydrogen-bond acceptors (Lipinski definition) is 4. The van der Waals surface area contributed by atoms with Gasteiger partial charge in [0.15, 0.2) is 0 Å². The van der Waals surface area contributed by atoms with Gasteiger partial charge in [-0.1, -0.05) is 12.2 Å². The first-order valence-corrected chi connectivity index (χ1v) is 6.49. The molecule has 0 radical (unpaired) electrons. The first-order chi connectivity index (χ1) is 7.65. The number of rotatable bonds is 4. The molecular formula is C9H12FN3O2S2. The molecular weight excluding hydrogens is 265 g/mol. The van der Waals surface area contributed by atoms with Crippen LogP contribution in [0.5, 0.6) is 0 Å². The van der Waals surface area contributed by atoms with Gasteiger partial charge in [-0.3, -0.25) is 4.98 Å². The molecule has 0 amide bonds. The van der Waals surface area contributed by atoms with Crippen molar-refractivity contribution in [2.24, 2.45) is 5.73 Å². The van der Waals surface area contributed by atoms with Crippen molar-refractivity contribution in [2.45, 2.75) is 24.3 Å². The Labute approximate surface area is 104 Å². The van der Waals surface area contributed by atoms with Crippen LogP contribution in [0.1, 0.15) is 13.8 Å². The van der Waals surface area contributed by atoms with Crippen LogP contribution in [0.4, 0.5) is 4.39 Å². The highest BCUT2D eigenvalue weighted by molar-refractivity contribution is 7.89. The Morgan fingerprint density at radius 1 is 1.53 bits per heavy atom. The maximum atomic E-state index is 12.9.